The van der Waals surface area contributed by atoms with Crippen molar-refractivity contribution in [1.82, 2.24) is 24.6 Å². The molecule has 4 aromatic heterocycles. The van der Waals surface area contributed by atoms with Crippen LogP contribution in [-0.4, -0.2) is 31.4 Å². The third-order valence-electron chi connectivity index (χ3n) is 6.63. The van der Waals surface area contributed by atoms with Crippen LogP contribution in [0.25, 0.3) is 28.0 Å². The number of rotatable bonds is 2. The van der Waals surface area contributed by atoms with E-state index in [2.05, 4.69) is 15.1 Å². The summed E-state index contributed by atoms with van der Waals surface area (Å²) in [6.07, 6.45) is 4.92. The van der Waals surface area contributed by atoms with Crippen molar-refractivity contribution in [3.8, 4) is 34.5 Å². The Hall–Kier alpha value is -5.25. The second-order valence-electron chi connectivity index (χ2n) is 8.68. The maximum absolute atomic E-state index is 13.4. The Morgan fingerprint density at radius 1 is 0.946 bits per heavy atom. The van der Waals surface area contributed by atoms with Gasteiger partial charge in [0.1, 0.15) is 11.9 Å². The van der Waals surface area contributed by atoms with Crippen molar-refractivity contribution in [2.45, 2.75) is 5.92 Å². The van der Waals surface area contributed by atoms with E-state index in [1.165, 1.54) is 0 Å². The maximum atomic E-state index is 13.4. The molecular weight excluding hydrogens is 474 g/mol. The lowest BCUT2D eigenvalue weighted by molar-refractivity contribution is 0.174. The van der Waals surface area contributed by atoms with Gasteiger partial charge in [0, 0.05) is 18.0 Å². The second-order valence-corrected chi connectivity index (χ2v) is 8.68. The molecular formula is C27H15N5O5. The van der Waals surface area contributed by atoms with Crippen LogP contribution in [0.3, 0.4) is 0 Å². The Labute approximate surface area is 207 Å². The number of hydrogen-bond acceptors (Lipinski definition) is 9. The highest BCUT2D eigenvalue weighted by Crippen LogP contribution is 2.48. The van der Waals surface area contributed by atoms with Crippen LogP contribution in [0.2, 0.25) is 0 Å². The van der Waals surface area contributed by atoms with Crippen LogP contribution in [0.5, 0.6) is 23.1 Å². The summed E-state index contributed by atoms with van der Waals surface area (Å²) in [5, 5.41) is 5.34. The summed E-state index contributed by atoms with van der Waals surface area (Å²) in [6, 6.07) is 16.5. The Bertz CT molecular complexity index is 1930. The maximum Gasteiger partial charge on any atom is 0.344 e. The Kier molecular flexibility index (Phi) is 3.98. The predicted molar refractivity (Wildman–Crippen MR) is 130 cm³/mol. The van der Waals surface area contributed by atoms with Crippen LogP contribution in [0.1, 0.15) is 22.6 Å². The van der Waals surface area contributed by atoms with E-state index in [1.54, 1.807) is 29.3 Å². The fourth-order valence-electron chi connectivity index (χ4n) is 4.98. The van der Waals surface area contributed by atoms with Crippen molar-refractivity contribution in [3.63, 3.8) is 0 Å². The Morgan fingerprint density at radius 2 is 1.81 bits per heavy atom. The summed E-state index contributed by atoms with van der Waals surface area (Å²) in [5.74, 6) is 1.99. The minimum Gasteiger partial charge on any atom is -0.454 e. The number of ether oxygens (including phenoxy) is 3. The van der Waals surface area contributed by atoms with Gasteiger partial charge < -0.3 is 18.6 Å². The third kappa shape index (κ3) is 2.89. The van der Waals surface area contributed by atoms with E-state index in [0.717, 1.165) is 11.1 Å². The van der Waals surface area contributed by atoms with E-state index in [-0.39, 0.29) is 6.79 Å². The fourth-order valence-corrected chi connectivity index (χ4v) is 4.98. The average Bonchev–Trinajstić information content (AvgIpc) is 3.59. The van der Waals surface area contributed by atoms with Crippen molar-refractivity contribution < 1.29 is 18.6 Å². The monoisotopic (exact) mass is 489 g/mol. The zero-order chi connectivity index (χ0) is 24.5. The van der Waals surface area contributed by atoms with E-state index in [1.807, 2.05) is 48.5 Å². The van der Waals surface area contributed by atoms with E-state index in [4.69, 9.17) is 23.6 Å². The molecule has 1 atom stereocenters. The zero-order valence-corrected chi connectivity index (χ0v) is 19.0. The van der Waals surface area contributed by atoms with Gasteiger partial charge >= 0.3 is 5.63 Å². The van der Waals surface area contributed by atoms with Crippen LogP contribution in [-0.2, 0) is 0 Å². The molecule has 0 radical (unpaired) electrons. The highest BCUT2D eigenvalue weighted by Gasteiger charge is 2.37. The van der Waals surface area contributed by atoms with Crippen LogP contribution in [0, 0.1) is 0 Å². The summed E-state index contributed by atoms with van der Waals surface area (Å²) in [7, 11) is 0. The van der Waals surface area contributed by atoms with Gasteiger partial charge in [0.25, 0.3) is 0 Å². The largest absolute Gasteiger partial charge is 0.454 e. The molecule has 1 unspecified atom stereocenters. The quantitative estimate of drug-likeness (QED) is 0.328. The first-order valence-electron chi connectivity index (χ1n) is 11.5. The standard InChI is InChI=1S/C27H15N5O5/c33-27-21-20(14-7-9-28-10-8-14)22-25-30-24(15-5-6-18-19(11-15)35-13-34-18)31-32(25)12-29-26(22)37-23(21)16-3-1-2-4-17(16)36-27/h1-12,20H,13H2. The minimum atomic E-state index is -0.562. The number of nitrogens with zero attached hydrogens (tertiary/aromatic N) is 5. The molecule has 0 spiro atoms. The van der Waals surface area contributed by atoms with E-state index < -0.39 is 11.5 Å². The van der Waals surface area contributed by atoms with Gasteiger partial charge in [-0.05, 0) is 48.0 Å². The zero-order valence-electron chi connectivity index (χ0n) is 19.0. The Balaban J connectivity index is 1.40. The number of pyridine rings is 1. The molecule has 37 heavy (non-hydrogen) atoms. The highest BCUT2D eigenvalue weighted by atomic mass is 16.7. The molecule has 0 amide bonds. The third-order valence-corrected chi connectivity index (χ3v) is 6.63. The number of hydrogen-bond donors (Lipinski definition) is 0. The molecule has 2 aliphatic rings. The molecule has 0 fully saturated rings. The van der Waals surface area contributed by atoms with Gasteiger partial charge in [-0.2, -0.15) is 0 Å². The number of benzene rings is 2. The smallest absolute Gasteiger partial charge is 0.344 e. The summed E-state index contributed by atoms with van der Waals surface area (Å²) in [6.45, 7) is 0.177. The minimum absolute atomic E-state index is 0.177. The second kappa shape index (κ2) is 7.37. The average molecular weight is 489 g/mol. The van der Waals surface area contributed by atoms with Crippen LogP contribution >= 0.6 is 0 Å². The van der Waals surface area contributed by atoms with Crippen LogP contribution < -0.4 is 19.8 Å². The topological polar surface area (TPSA) is 114 Å². The number of para-hydroxylation sites is 1. The Morgan fingerprint density at radius 3 is 2.73 bits per heavy atom. The van der Waals surface area contributed by atoms with Crippen LogP contribution in [0.15, 0.2) is 82.5 Å². The fraction of sp³-hybridized carbons (Fsp3) is 0.0741. The molecule has 10 heteroatoms. The summed E-state index contributed by atoms with van der Waals surface area (Å²) >= 11 is 0. The number of aromatic nitrogens is 5. The van der Waals surface area contributed by atoms with Gasteiger partial charge in [-0.3, -0.25) is 4.98 Å². The lowest BCUT2D eigenvalue weighted by Crippen LogP contribution is -2.22. The lowest BCUT2D eigenvalue weighted by atomic mass is 9.84. The molecule has 0 bridgehead atoms. The first-order valence-corrected chi connectivity index (χ1v) is 11.5. The highest BCUT2D eigenvalue weighted by molar-refractivity contribution is 5.87. The summed E-state index contributed by atoms with van der Waals surface area (Å²) in [4.78, 5) is 27.0. The van der Waals surface area contributed by atoms with Gasteiger partial charge in [-0.15, -0.1) is 5.10 Å². The molecule has 8 rings (SSSR count). The molecule has 0 saturated heterocycles. The molecule has 10 nitrogen and oxygen atoms in total. The van der Waals surface area contributed by atoms with Crippen molar-refractivity contribution in [3.05, 3.63) is 100 Å². The summed E-state index contributed by atoms with van der Waals surface area (Å²) in [5.41, 5.74) is 3.03. The first-order chi connectivity index (χ1) is 18.2. The first kappa shape index (κ1) is 20.0. The van der Waals surface area contributed by atoms with Crippen molar-refractivity contribution in [2.24, 2.45) is 0 Å². The van der Waals surface area contributed by atoms with Crippen molar-refractivity contribution in [2.75, 3.05) is 6.79 Å². The van der Waals surface area contributed by atoms with E-state index in [9.17, 15) is 4.79 Å². The lowest BCUT2D eigenvalue weighted by Gasteiger charge is -2.27. The van der Waals surface area contributed by atoms with Gasteiger partial charge in [-0.1, -0.05) is 12.1 Å². The summed E-state index contributed by atoms with van der Waals surface area (Å²) < 4.78 is 24.5. The number of fused-ring (bicyclic) bond motifs is 7. The van der Waals surface area contributed by atoms with E-state index in [0.29, 0.717) is 56.7 Å². The molecule has 0 N–H and O–H groups in total. The van der Waals surface area contributed by atoms with Gasteiger partial charge in [0.15, 0.2) is 28.7 Å². The molecule has 6 heterocycles. The van der Waals surface area contributed by atoms with Crippen molar-refractivity contribution in [1.29, 1.82) is 0 Å². The van der Waals surface area contributed by atoms with E-state index >= 15 is 0 Å². The molecule has 6 aromatic rings. The molecule has 2 aliphatic heterocycles. The van der Waals surface area contributed by atoms with Crippen LogP contribution in [0.4, 0.5) is 0 Å². The molecule has 0 aliphatic carbocycles. The molecule has 0 saturated carbocycles. The normalized spacial score (nSPS) is 15.4. The van der Waals surface area contributed by atoms with Gasteiger partial charge in [0.2, 0.25) is 12.7 Å². The molecule has 2 aromatic carbocycles. The van der Waals surface area contributed by atoms with Gasteiger partial charge in [-0.25, -0.2) is 19.3 Å². The predicted octanol–water partition coefficient (Wildman–Crippen LogP) is 4.31. The molecule has 178 valence electrons. The SMILES string of the molecule is O=c1oc2ccccc2c2c1C(c1ccncc1)c1c(ncn3nc(-c4ccc5c(c4)OCO5)nc13)O2. The van der Waals surface area contributed by atoms with Crippen molar-refractivity contribution >= 4 is 16.6 Å². The van der Waals surface area contributed by atoms with Gasteiger partial charge in [0.05, 0.1) is 22.4 Å².